The predicted molar refractivity (Wildman–Crippen MR) is 41.4 cm³/mol. The fourth-order valence-electron chi connectivity index (χ4n) is 0.937. The minimum atomic E-state index is 0.322. The highest BCUT2D eigenvalue weighted by Crippen LogP contribution is 1.98. The number of hydrogen-bond donors (Lipinski definition) is 2. The zero-order valence-electron chi connectivity index (χ0n) is 6.65. The summed E-state index contributed by atoms with van der Waals surface area (Å²) in [5.41, 5.74) is 5.60. The Morgan fingerprint density at radius 1 is 1.56 bits per heavy atom. The molecule has 0 heterocycles. The molecule has 2 heteroatoms. The first-order valence-corrected chi connectivity index (χ1v) is 3.63. The molecule has 0 bridgehead atoms. The SMILES string of the molecule is CCC(CC(C)N)NC. The lowest BCUT2D eigenvalue weighted by Gasteiger charge is -2.15. The fourth-order valence-corrected chi connectivity index (χ4v) is 0.937. The molecule has 2 nitrogen and oxygen atoms in total. The zero-order valence-corrected chi connectivity index (χ0v) is 6.65. The molecule has 2 atom stereocenters. The monoisotopic (exact) mass is 130 g/mol. The third-order valence-electron chi connectivity index (χ3n) is 1.56. The molecule has 0 aromatic heterocycles. The van der Waals surface area contributed by atoms with E-state index in [1.165, 1.54) is 0 Å². The second-order valence-corrected chi connectivity index (χ2v) is 2.61. The average molecular weight is 130 g/mol. The van der Waals surface area contributed by atoms with Crippen LogP contribution in [-0.4, -0.2) is 19.1 Å². The van der Waals surface area contributed by atoms with Crippen LogP contribution in [0.4, 0.5) is 0 Å². The van der Waals surface area contributed by atoms with E-state index in [0.717, 1.165) is 12.8 Å². The van der Waals surface area contributed by atoms with Crippen LogP contribution in [0, 0.1) is 0 Å². The standard InChI is InChI=1S/C7H18N2/c1-4-7(9-3)5-6(2)8/h6-7,9H,4-5,8H2,1-3H3. The van der Waals surface area contributed by atoms with E-state index < -0.39 is 0 Å². The van der Waals surface area contributed by atoms with E-state index in [9.17, 15) is 0 Å². The highest BCUT2D eigenvalue weighted by atomic mass is 14.9. The molecule has 0 aliphatic rings. The van der Waals surface area contributed by atoms with Crippen molar-refractivity contribution < 1.29 is 0 Å². The van der Waals surface area contributed by atoms with E-state index in [4.69, 9.17) is 5.73 Å². The molecule has 0 aromatic rings. The van der Waals surface area contributed by atoms with Crippen molar-refractivity contribution in [3.8, 4) is 0 Å². The molecule has 0 spiro atoms. The van der Waals surface area contributed by atoms with Crippen LogP contribution in [0.25, 0.3) is 0 Å². The normalized spacial score (nSPS) is 17.3. The van der Waals surface area contributed by atoms with Gasteiger partial charge in [-0.15, -0.1) is 0 Å². The second-order valence-electron chi connectivity index (χ2n) is 2.61. The van der Waals surface area contributed by atoms with E-state index in [-0.39, 0.29) is 0 Å². The lowest BCUT2D eigenvalue weighted by molar-refractivity contribution is 0.469. The van der Waals surface area contributed by atoms with E-state index in [0.29, 0.717) is 12.1 Å². The molecule has 0 aromatic carbocycles. The van der Waals surface area contributed by atoms with Gasteiger partial charge < -0.3 is 11.1 Å². The lowest BCUT2D eigenvalue weighted by Crippen LogP contribution is -2.31. The van der Waals surface area contributed by atoms with Crippen LogP contribution in [0.2, 0.25) is 0 Å². The quantitative estimate of drug-likeness (QED) is 0.588. The first-order valence-electron chi connectivity index (χ1n) is 3.63. The zero-order chi connectivity index (χ0) is 7.28. The molecular weight excluding hydrogens is 112 g/mol. The van der Waals surface area contributed by atoms with Gasteiger partial charge in [0.25, 0.3) is 0 Å². The summed E-state index contributed by atoms with van der Waals surface area (Å²) in [6.45, 7) is 4.21. The Hall–Kier alpha value is -0.0800. The van der Waals surface area contributed by atoms with Crippen molar-refractivity contribution in [2.24, 2.45) is 5.73 Å². The molecule has 0 fully saturated rings. The van der Waals surface area contributed by atoms with Crippen LogP contribution < -0.4 is 11.1 Å². The summed E-state index contributed by atoms with van der Waals surface area (Å²) in [5, 5.41) is 3.20. The summed E-state index contributed by atoms with van der Waals surface area (Å²) in [5.74, 6) is 0. The summed E-state index contributed by atoms with van der Waals surface area (Å²) >= 11 is 0. The van der Waals surface area contributed by atoms with Gasteiger partial charge in [-0.05, 0) is 26.8 Å². The minimum Gasteiger partial charge on any atom is -0.328 e. The number of nitrogens with two attached hydrogens (primary N) is 1. The summed E-state index contributed by atoms with van der Waals surface area (Å²) in [7, 11) is 1.98. The number of nitrogens with one attached hydrogen (secondary N) is 1. The Kier molecular flexibility index (Phi) is 4.72. The van der Waals surface area contributed by atoms with Crippen molar-refractivity contribution >= 4 is 0 Å². The lowest BCUT2D eigenvalue weighted by atomic mass is 10.1. The molecule has 0 amide bonds. The molecule has 0 aliphatic heterocycles. The fraction of sp³-hybridized carbons (Fsp3) is 1.00. The van der Waals surface area contributed by atoms with Crippen molar-refractivity contribution in [1.82, 2.24) is 5.32 Å². The van der Waals surface area contributed by atoms with Crippen LogP contribution in [-0.2, 0) is 0 Å². The van der Waals surface area contributed by atoms with Gasteiger partial charge in [0.1, 0.15) is 0 Å². The van der Waals surface area contributed by atoms with Crippen molar-refractivity contribution in [3.05, 3.63) is 0 Å². The Balaban J connectivity index is 3.31. The van der Waals surface area contributed by atoms with Gasteiger partial charge in [0.2, 0.25) is 0 Å². The summed E-state index contributed by atoms with van der Waals surface area (Å²) in [6, 6.07) is 0.924. The topological polar surface area (TPSA) is 38.0 Å². The molecular formula is C7H18N2. The summed E-state index contributed by atoms with van der Waals surface area (Å²) in [4.78, 5) is 0. The molecule has 0 radical (unpaired) electrons. The third-order valence-corrected chi connectivity index (χ3v) is 1.56. The van der Waals surface area contributed by atoms with E-state index >= 15 is 0 Å². The largest absolute Gasteiger partial charge is 0.328 e. The van der Waals surface area contributed by atoms with Crippen LogP contribution >= 0.6 is 0 Å². The summed E-state index contributed by atoms with van der Waals surface area (Å²) < 4.78 is 0. The smallest absolute Gasteiger partial charge is 0.00760 e. The molecule has 9 heavy (non-hydrogen) atoms. The molecule has 3 N–H and O–H groups in total. The van der Waals surface area contributed by atoms with Crippen molar-refractivity contribution in [1.29, 1.82) is 0 Å². The minimum absolute atomic E-state index is 0.322. The van der Waals surface area contributed by atoms with Crippen molar-refractivity contribution in [2.75, 3.05) is 7.05 Å². The molecule has 0 rings (SSSR count). The van der Waals surface area contributed by atoms with Crippen molar-refractivity contribution in [2.45, 2.75) is 38.8 Å². The molecule has 56 valence electrons. The van der Waals surface area contributed by atoms with Crippen LogP contribution in [0.1, 0.15) is 26.7 Å². The molecule has 0 saturated carbocycles. The van der Waals surface area contributed by atoms with E-state index in [1.54, 1.807) is 0 Å². The highest BCUT2D eigenvalue weighted by Gasteiger charge is 2.04. The number of hydrogen-bond acceptors (Lipinski definition) is 2. The van der Waals surface area contributed by atoms with Gasteiger partial charge in [0.05, 0.1) is 0 Å². The van der Waals surface area contributed by atoms with Gasteiger partial charge in [-0.1, -0.05) is 6.92 Å². The maximum atomic E-state index is 5.60. The van der Waals surface area contributed by atoms with Gasteiger partial charge in [0.15, 0.2) is 0 Å². The highest BCUT2D eigenvalue weighted by molar-refractivity contribution is 4.67. The third kappa shape index (κ3) is 4.43. The molecule has 0 aliphatic carbocycles. The van der Waals surface area contributed by atoms with Crippen LogP contribution in [0.15, 0.2) is 0 Å². The maximum Gasteiger partial charge on any atom is 0.00760 e. The van der Waals surface area contributed by atoms with Crippen LogP contribution in [0.5, 0.6) is 0 Å². The Labute approximate surface area is 57.8 Å². The molecule has 2 unspecified atom stereocenters. The van der Waals surface area contributed by atoms with Crippen molar-refractivity contribution in [3.63, 3.8) is 0 Å². The van der Waals surface area contributed by atoms with Gasteiger partial charge in [0, 0.05) is 12.1 Å². The second kappa shape index (κ2) is 4.77. The predicted octanol–water partition coefficient (Wildman–Crippen LogP) is 0.722. The molecule has 0 saturated heterocycles. The number of rotatable bonds is 4. The first kappa shape index (κ1) is 8.92. The maximum absolute atomic E-state index is 5.60. The van der Waals surface area contributed by atoms with Crippen LogP contribution in [0.3, 0.4) is 0 Å². The Morgan fingerprint density at radius 2 is 2.11 bits per heavy atom. The van der Waals surface area contributed by atoms with E-state index in [2.05, 4.69) is 12.2 Å². The van der Waals surface area contributed by atoms with Gasteiger partial charge in [-0.25, -0.2) is 0 Å². The average Bonchev–Trinajstić information content (AvgIpc) is 1.82. The van der Waals surface area contributed by atoms with Gasteiger partial charge >= 0.3 is 0 Å². The summed E-state index contributed by atoms with van der Waals surface area (Å²) in [6.07, 6.45) is 2.24. The Bertz CT molecular complexity index is 57.9. The van der Waals surface area contributed by atoms with E-state index in [1.807, 2.05) is 14.0 Å². The van der Waals surface area contributed by atoms with Gasteiger partial charge in [-0.2, -0.15) is 0 Å². The first-order chi connectivity index (χ1) is 4.20. The Morgan fingerprint density at radius 3 is 2.22 bits per heavy atom. The van der Waals surface area contributed by atoms with Gasteiger partial charge in [-0.3, -0.25) is 0 Å².